The van der Waals surface area contributed by atoms with E-state index in [-0.39, 0.29) is 0 Å². The van der Waals surface area contributed by atoms with Crippen LogP contribution in [0.4, 0.5) is 5.69 Å². The van der Waals surface area contributed by atoms with Crippen LogP contribution in [0.5, 0.6) is 0 Å². The molecule has 0 atom stereocenters. The molecule has 0 radical (unpaired) electrons. The summed E-state index contributed by atoms with van der Waals surface area (Å²) in [5, 5.41) is 1.06. The van der Waals surface area contributed by atoms with E-state index in [9.17, 15) is 0 Å². The number of hydrogen-bond acceptors (Lipinski definition) is 3. The zero-order chi connectivity index (χ0) is 12.3. The van der Waals surface area contributed by atoms with Gasteiger partial charge in [0.15, 0.2) is 0 Å². The fourth-order valence-corrected chi connectivity index (χ4v) is 2.99. The molecule has 0 unspecified atom stereocenters. The second kappa shape index (κ2) is 5.32. The van der Waals surface area contributed by atoms with Crippen LogP contribution in [0, 0.1) is 0 Å². The van der Waals surface area contributed by atoms with E-state index in [2.05, 4.69) is 13.8 Å². The summed E-state index contributed by atoms with van der Waals surface area (Å²) in [7, 11) is 0. The highest BCUT2D eigenvalue weighted by molar-refractivity contribution is 7.15. The molecule has 2 aromatic rings. The number of nitrogens with zero attached hydrogens (tertiary/aromatic N) is 1. The maximum Gasteiger partial charge on any atom is 0.125 e. The third-order valence-electron chi connectivity index (χ3n) is 2.78. The summed E-state index contributed by atoms with van der Waals surface area (Å²) in [6, 6.07) is 7.95. The zero-order valence-corrected chi connectivity index (χ0v) is 11.2. The Morgan fingerprint density at radius 3 is 2.65 bits per heavy atom. The van der Waals surface area contributed by atoms with Gasteiger partial charge in [0.25, 0.3) is 0 Å². The Bertz CT molecular complexity index is 503. The minimum atomic E-state index is 0.812. The molecule has 0 amide bonds. The molecule has 0 saturated carbocycles. The van der Waals surface area contributed by atoms with Crippen LogP contribution < -0.4 is 5.73 Å². The predicted octanol–water partition coefficient (Wildman–Crippen LogP) is 3.91. The highest BCUT2D eigenvalue weighted by atomic mass is 32.1. The number of rotatable bonds is 4. The van der Waals surface area contributed by atoms with Gasteiger partial charge in [0.1, 0.15) is 5.01 Å². The number of thiazole rings is 1. The van der Waals surface area contributed by atoms with E-state index in [1.165, 1.54) is 10.6 Å². The lowest BCUT2D eigenvalue weighted by Crippen LogP contribution is -1.90. The van der Waals surface area contributed by atoms with Crippen molar-refractivity contribution in [1.29, 1.82) is 0 Å². The molecule has 90 valence electrons. The second-order valence-corrected chi connectivity index (χ2v) is 5.16. The summed E-state index contributed by atoms with van der Waals surface area (Å²) < 4.78 is 0. The maximum absolute atomic E-state index is 5.99. The van der Waals surface area contributed by atoms with E-state index in [0.29, 0.717) is 0 Å². The lowest BCUT2D eigenvalue weighted by molar-refractivity contribution is 0.876. The topological polar surface area (TPSA) is 38.9 Å². The number of benzene rings is 1. The maximum atomic E-state index is 5.99. The highest BCUT2D eigenvalue weighted by Gasteiger charge is 2.12. The molecule has 0 aliphatic heterocycles. The SMILES string of the molecule is CCCc1nc(-c2ccccc2N)sc1CC. The Morgan fingerprint density at radius 2 is 2.00 bits per heavy atom. The number of aromatic nitrogens is 1. The zero-order valence-electron chi connectivity index (χ0n) is 10.4. The number of nitrogen functional groups attached to an aromatic ring is 1. The Hall–Kier alpha value is -1.35. The third-order valence-corrected chi connectivity index (χ3v) is 4.05. The summed E-state index contributed by atoms with van der Waals surface area (Å²) in [4.78, 5) is 6.13. The van der Waals surface area contributed by atoms with E-state index in [1.54, 1.807) is 11.3 Å². The van der Waals surface area contributed by atoms with Crippen molar-refractivity contribution in [3.05, 3.63) is 34.8 Å². The first kappa shape index (κ1) is 12.1. The molecule has 1 aromatic heterocycles. The molecule has 0 fully saturated rings. The van der Waals surface area contributed by atoms with Crippen LogP contribution in [-0.4, -0.2) is 4.98 Å². The van der Waals surface area contributed by atoms with Gasteiger partial charge in [0, 0.05) is 16.1 Å². The van der Waals surface area contributed by atoms with Crippen LogP contribution in [0.3, 0.4) is 0 Å². The van der Waals surface area contributed by atoms with Gasteiger partial charge in [-0.15, -0.1) is 11.3 Å². The standard InChI is InChI=1S/C14H18N2S/c1-3-7-12-13(4-2)17-14(16-12)10-8-5-6-9-11(10)15/h5-6,8-9H,3-4,7,15H2,1-2H3. The van der Waals surface area contributed by atoms with E-state index >= 15 is 0 Å². The van der Waals surface area contributed by atoms with Crippen LogP contribution in [0.15, 0.2) is 24.3 Å². The first-order valence-electron chi connectivity index (χ1n) is 6.09. The number of para-hydroxylation sites is 1. The molecule has 2 nitrogen and oxygen atoms in total. The van der Waals surface area contributed by atoms with Gasteiger partial charge in [-0.1, -0.05) is 32.4 Å². The summed E-state index contributed by atoms with van der Waals surface area (Å²) in [5.41, 5.74) is 9.12. The van der Waals surface area contributed by atoms with E-state index in [0.717, 1.165) is 35.5 Å². The van der Waals surface area contributed by atoms with Crippen molar-refractivity contribution in [2.75, 3.05) is 5.73 Å². The third kappa shape index (κ3) is 2.50. The lowest BCUT2D eigenvalue weighted by Gasteiger charge is -2.00. The van der Waals surface area contributed by atoms with Crippen molar-refractivity contribution >= 4 is 17.0 Å². The normalized spacial score (nSPS) is 10.7. The molecule has 0 spiro atoms. The first-order chi connectivity index (χ1) is 8.26. The number of aryl methyl sites for hydroxylation is 2. The van der Waals surface area contributed by atoms with Gasteiger partial charge in [0.2, 0.25) is 0 Å². The van der Waals surface area contributed by atoms with Crippen LogP contribution in [-0.2, 0) is 12.8 Å². The molecule has 2 rings (SSSR count). The van der Waals surface area contributed by atoms with Crippen LogP contribution in [0.25, 0.3) is 10.6 Å². The van der Waals surface area contributed by atoms with Crippen molar-refractivity contribution in [2.24, 2.45) is 0 Å². The van der Waals surface area contributed by atoms with Crippen LogP contribution >= 0.6 is 11.3 Å². The van der Waals surface area contributed by atoms with Crippen molar-refractivity contribution in [3.63, 3.8) is 0 Å². The fraction of sp³-hybridized carbons (Fsp3) is 0.357. The van der Waals surface area contributed by atoms with Crippen molar-refractivity contribution in [2.45, 2.75) is 33.1 Å². The summed E-state index contributed by atoms with van der Waals surface area (Å²) in [6.07, 6.45) is 3.26. The van der Waals surface area contributed by atoms with Crippen LogP contribution in [0.1, 0.15) is 30.8 Å². The molecule has 2 N–H and O–H groups in total. The van der Waals surface area contributed by atoms with Gasteiger partial charge in [-0.2, -0.15) is 0 Å². The second-order valence-electron chi connectivity index (χ2n) is 4.08. The fourth-order valence-electron chi connectivity index (χ4n) is 1.90. The summed E-state index contributed by atoms with van der Waals surface area (Å²) in [5.74, 6) is 0. The average Bonchev–Trinajstić information content (AvgIpc) is 2.73. The highest BCUT2D eigenvalue weighted by Crippen LogP contribution is 2.32. The molecule has 0 bridgehead atoms. The van der Waals surface area contributed by atoms with Crippen LogP contribution in [0.2, 0.25) is 0 Å². The molecular weight excluding hydrogens is 228 g/mol. The summed E-state index contributed by atoms with van der Waals surface area (Å²) >= 11 is 1.78. The van der Waals surface area contributed by atoms with E-state index in [4.69, 9.17) is 10.7 Å². The Kier molecular flexibility index (Phi) is 3.79. The predicted molar refractivity (Wildman–Crippen MR) is 75.3 cm³/mol. The molecule has 1 aromatic carbocycles. The van der Waals surface area contributed by atoms with Crippen molar-refractivity contribution < 1.29 is 0 Å². The molecule has 1 heterocycles. The Balaban J connectivity index is 2.43. The van der Waals surface area contributed by atoms with Gasteiger partial charge < -0.3 is 5.73 Å². The number of anilines is 1. The Labute approximate surface area is 107 Å². The van der Waals surface area contributed by atoms with Gasteiger partial charge in [-0.05, 0) is 25.0 Å². The van der Waals surface area contributed by atoms with E-state index in [1.807, 2.05) is 24.3 Å². The minimum absolute atomic E-state index is 0.812. The molecule has 0 saturated heterocycles. The molecular formula is C14H18N2S. The molecule has 17 heavy (non-hydrogen) atoms. The summed E-state index contributed by atoms with van der Waals surface area (Å²) in [6.45, 7) is 4.38. The molecule has 0 aliphatic rings. The lowest BCUT2D eigenvalue weighted by atomic mass is 10.2. The van der Waals surface area contributed by atoms with Crippen molar-refractivity contribution in [1.82, 2.24) is 4.98 Å². The molecule has 3 heteroatoms. The number of nitrogens with two attached hydrogens (primary N) is 1. The average molecular weight is 246 g/mol. The smallest absolute Gasteiger partial charge is 0.125 e. The Morgan fingerprint density at radius 1 is 1.24 bits per heavy atom. The van der Waals surface area contributed by atoms with Gasteiger partial charge >= 0.3 is 0 Å². The van der Waals surface area contributed by atoms with Gasteiger partial charge in [-0.3, -0.25) is 0 Å². The first-order valence-corrected chi connectivity index (χ1v) is 6.91. The minimum Gasteiger partial charge on any atom is -0.398 e. The quantitative estimate of drug-likeness (QED) is 0.831. The molecule has 0 aliphatic carbocycles. The monoisotopic (exact) mass is 246 g/mol. The van der Waals surface area contributed by atoms with Gasteiger partial charge in [0.05, 0.1) is 5.69 Å². The van der Waals surface area contributed by atoms with Gasteiger partial charge in [-0.25, -0.2) is 4.98 Å². The van der Waals surface area contributed by atoms with Crippen molar-refractivity contribution in [3.8, 4) is 10.6 Å². The number of hydrogen-bond donors (Lipinski definition) is 1. The largest absolute Gasteiger partial charge is 0.398 e. The van der Waals surface area contributed by atoms with E-state index < -0.39 is 0 Å².